The molecule has 0 bridgehead atoms. The Morgan fingerprint density at radius 3 is 2.28 bits per heavy atom. The van der Waals surface area contributed by atoms with E-state index in [9.17, 15) is 4.79 Å². The van der Waals surface area contributed by atoms with E-state index in [1.807, 2.05) is 73.7 Å². The monoisotopic (exact) mass is 385 g/mol. The van der Waals surface area contributed by atoms with Crippen molar-refractivity contribution in [1.29, 1.82) is 0 Å². The molecule has 0 N–H and O–H groups in total. The Morgan fingerprint density at radius 1 is 0.897 bits per heavy atom. The van der Waals surface area contributed by atoms with E-state index in [1.54, 1.807) is 4.90 Å². The van der Waals surface area contributed by atoms with Gasteiger partial charge in [-0.15, -0.1) is 0 Å². The molecule has 0 radical (unpaired) electrons. The number of nitrogens with zero attached hydrogens (tertiary/aromatic N) is 1. The molecule has 4 rings (SSSR count). The second kappa shape index (κ2) is 8.95. The van der Waals surface area contributed by atoms with Gasteiger partial charge in [-0.2, -0.15) is 0 Å². The number of para-hydroxylation sites is 1. The van der Waals surface area contributed by atoms with Gasteiger partial charge in [-0.25, -0.2) is 0 Å². The van der Waals surface area contributed by atoms with Crippen LogP contribution in [0.15, 0.2) is 78.9 Å². The van der Waals surface area contributed by atoms with E-state index in [1.165, 1.54) is 24.0 Å². The minimum atomic E-state index is -0.569. The lowest BCUT2D eigenvalue weighted by Gasteiger charge is -2.27. The standard InChI is InChI=1S/C26H27NO2/c1-20(29-25-17-16-22-12-8-9-13-23(22)18-25)26(28)27(24-14-6-3-7-15-24)19-21-10-4-2-5-11-21/h2-7,10-11,14-18,20H,8-9,12-13,19H2,1H3. The van der Waals surface area contributed by atoms with Crippen molar-refractivity contribution in [2.45, 2.75) is 45.3 Å². The summed E-state index contributed by atoms with van der Waals surface area (Å²) in [6.07, 6.45) is 4.15. The maximum absolute atomic E-state index is 13.3. The summed E-state index contributed by atoms with van der Waals surface area (Å²) >= 11 is 0. The number of anilines is 1. The average molecular weight is 386 g/mol. The van der Waals surface area contributed by atoms with Crippen LogP contribution in [0.5, 0.6) is 5.75 Å². The van der Waals surface area contributed by atoms with Crippen molar-refractivity contribution in [1.82, 2.24) is 0 Å². The van der Waals surface area contributed by atoms with Gasteiger partial charge < -0.3 is 9.64 Å². The van der Waals surface area contributed by atoms with Gasteiger partial charge in [0, 0.05) is 5.69 Å². The van der Waals surface area contributed by atoms with Gasteiger partial charge >= 0.3 is 0 Å². The number of hydrogen-bond donors (Lipinski definition) is 0. The molecule has 3 heteroatoms. The second-order valence-electron chi connectivity index (χ2n) is 7.64. The molecule has 1 aliphatic carbocycles. The summed E-state index contributed by atoms with van der Waals surface area (Å²) in [4.78, 5) is 15.1. The quantitative estimate of drug-likeness (QED) is 0.555. The van der Waals surface area contributed by atoms with Crippen LogP contribution in [0.3, 0.4) is 0 Å². The highest BCUT2D eigenvalue weighted by Crippen LogP contribution is 2.26. The average Bonchev–Trinajstić information content (AvgIpc) is 2.78. The van der Waals surface area contributed by atoms with E-state index in [2.05, 4.69) is 12.1 Å². The zero-order valence-electron chi connectivity index (χ0n) is 16.9. The minimum absolute atomic E-state index is 0.0437. The van der Waals surface area contributed by atoms with Crippen LogP contribution in [0.2, 0.25) is 0 Å². The van der Waals surface area contributed by atoms with Crippen molar-refractivity contribution in [3.8, 4) is 5.75 Å². The van der Waals surface area contributed by atoms with Crippen molar-refractivity contribution in [3.63, 3.8) is 0 Å². The van der Waals surface area contributed by atoms with Crippen LogP contribution in [0.25, 0.3) is 0 Å². The Labute approximate surface area is 172 Å². The van der Waals surface area contributed by atoms with E-state index in [4.69, 9.17) is 4.74 Å². The molecule has 148 valence electrons. The number of hydrogen-bond acceptors (Lipinski definition) is 2. The number of carbonyl (C=O) groups excluding carboxylic acids is 1. The fourth-order valence-electron chi connectivity index (χ4n) is 3.93. The molecule has 0 saturated carbocycles. The van der Waals surface area contributed by atoms with Gasteiger partial charge in [0.25, 0.3) is 5.91 Å². The van der Waals surface area contributed by atoms with Gasteiger partial charge in [0.15, 0.2) is 6.10 Å². The lowest BCUT2D eigenvalue weighted by Crippen LogP contribution is -2.40. The Kier molecular flexibility index (Phi) is 5.95. The molecule has 1 amide bonds. The van der Waals surface area contributed by atoms with E-state index < -0.39 is 6.10 Å². The summed E-state index contributed by atoms with van der Waals surface area (Å²) < 4.78 is 6.09. The molecule has 1 unspecified atom stereocenters. The molecule has 1 aliphatic rings. The summed E-state index contributed by atoms with van der Waals surface area (Å²) in [6.45, 7) is 2.35. The summed E-state index contributed by atoms with van der Waals surface area (Å²) in [5.41, 5.74) is 4.74. The first kappa shape index (κ1) is 19.3. The lowest BCUT2D eigenvalue weighted by atomic mass is 9.92. The molecule has 0 aliphatic heterocycles. The maximum Gasteiger partial charge on any atom is 0.268 e. The van der Waals surface area contributed by atoms with Gasteiger partial charge in [-0.1, -0.05) is 54.6 Å². The zero-order valence-corrected chi connectivity index (χ0v) is 16.9. The molecular weight excluding hydrogens is 358 g/mol. The van der Waals surface area contributed by atoms with E-state index >= 15 is 0 Å². The van der Waals surface area contributed by atoms with Crippen molar-refractivity contribution in [2.24, 2.45) is 0 Å². The van der Waals surface area contributed by atoms with Gasteiger partial charge in [-0.05, 0) is 73.6 Å². The van der Waals surface area contributed by atoms with Crippen molar-refractivity contribution in [3.05, 3.63) is 95.6 Å². The number of fused-ring (bicyclic) bond motifs is 1. The highest BCUT2D eigenvalue weighted by molar-refractivity contribution is 5.96. The van der Waals surface area contributed by atoms with Crippen molar-refractivity contribution < 1.29 is 9.53 Å². The number of ether oxygens (including phenoxy) is 1. The topological polar surface area (TPSA) is 29.5 Å². The minimum Gasteiger partial charge on any atom is -0.481 e. The molecule has 0 fully saturated rings. The number of amides is 1. The molecule has 0 saturated heterocycles. The van der Waals surface area contributed by atoms with E-state index in [-0.39, 0.29) is 5.91 Å². The van der Waals surface area contributed by atoms with Crippen LogP contribution in [0.1, 0.15) is 36.5 Å². The van der Waals surface area contributed by atoms with Crippen LogP contribution < -0.4 is 9.64 Å². The Hall–Kier alpha value is -3.07. The zero-order chi connectivity index (χ0) is 20.1. The molecule has 0 spiro atoms. The van der Waals surface area contributed by atoms with Crippen LogP contribution in [0, 0.1) is 0 Å². The van der Waals surface area contributed by atoms with Gasteiger partial charge in [0.2, 0.25) is 0 Å². The molecular formula is C26H27NO2. The summed E-state index contributed by atoms with van der Waals surface area (Å²) in [5, 5.41) is 0. The third-order valence-electron chi connectivity index (χ3n) is 5.50. The third kappa shape index (κ3) is 4.68. The fourth-order valence-corrected chi connectivity index (χ4v) is 3.93. The molecule has 0 heterocycles. The second-order valence-corrected chi connectivity index (χ2v) is 7.64. The SMILES string of the molecule is CC(Oc1ccc2c(c1)CCCC2)C(=O)N(Cc1ccccc1)c1ccccc1. The maximum atomic E-state index is 13.3. The largest absolute Gasteiger partial charge is 0.481 e. The Balaban J connectivity index is 1.53. The molecule has 3 nitrogen and oxygen atoms in total. The molecule has 3 aromatic rings. The van der Waals surface area contributed by atoms with Crippen LogP contribution in [0.4, 0.5) is 5.69 Å². The van der Waals surface area contributed by atoms with Crippen molar-refractivity contribution in [2.75, 3.05) is 4.90 Å². The number of aryl methyl sites for hydroxylation is 2. The smallest absolute Gasteiger partial charge is 0.268 e. The molecule has 29 heavy (non-hydrogen) atoms. The third-order valence-corrected chi connectivity index (χ3v) is 5.50. The number of benzene rings is 3. The number of carbonyl (C=O) groups is 1. The summed E-state index contributed by atoms with van der Waals surface area (Å²) in [5.74, 6) is 0.733. The predicted molar refractivity (Wildman–Crippen MR) is 117 cm³/mol. The first-order valence-corrected chi connectivity index (χ1v) is 10.4. The molecule has 0 aromatic heterocycles. The fraction of sp³-hybridized carbons (Fsp3) is 0.269. The highest BCUT2D eigenvalue weighted by Gasteiger charge is 2.24. The summed E-state index contributed by atoms with van der Waals surface area (Å²) in [7, 11) is 0. The Bertz CT molecular complexity index is 953. The summed E-state index contributed by atoms with van der Waals surface area (Å²) in [6, 6.07) is 26.1. The first-order chi connectivity index (χ1) is 14.2. The van der Waals surface area contributed by atoms with Crippen LogP contribution in [-0.2, 0) is 24.2 Å². The van der Waals surface area contributed by atoms with E-state index in [0.717, 1.165) is 29.8 Å². The highest BCUT2D eigenvalue weighted by atomic mass is 16.5. The van der Waals surface area contributed by atoms with Gasteiger partial charge in [0.05, 0.1) is 6.54 Å². The first-order valence-electron chi connectivity index (χ1n) is 10.4. The molecule has 1 atom stereocenters. The molecule has 3 aromatic carbocycles. The lowest BCUT2D eigenvalue weighted by molar-refractivity contribution is -0.124. The van der Waals surface area contributed by atoms with Gasteiger partial charge in [0.1, 0.15) is 5.75 Å². The van der Waals surface area contributed by atoms with Gasteiger partial charge in [-0.3, -0.25) is 4.79 Å². The Morgan fingerprint density at radius 2 is 1.55 bits per heavy atom. The van der Waals surface area contributed by atoms with E-state index in [0.29, 0.717) is 6.54 Å². The normalized spacial score (nSPS) is 14.0. The van der Waals surface area contributed by atoms with Crippen molar-refractivity contribution >= 4 is 11.6 Å². The number of rotatable bonds is 6. The van der Waals surface area contributed by atoms with Crippen LogP contribution >= 0.6 is 0 Å². The predicted octanol–water partition coefficient (Wildman–Crippen LogP) is 5.57. The van der Waals surface area contributed by atoms with Crippen LogP contribution in [-0.4, -0.2) is 12.0 Å².